The number of carbonyl (C=O) groups excluding carboxylic acids is 1. The molecule has 0 saturated heterocycles. The molecule has 2 aromatic heterocycles. The zero-order valence-electron chi connectivity index (χ0n) is 11.7. The second-order valence-corrected chi connectivity index (χ2v) is 5.28. The highest BCUT2D eigenvalue weighted by Crippen LogP contribution is 2.23. The number of nitrogens with one attached hydrogen (secondary N) is 1. The van der Waals surface area contributed by atoms with Crippen LogP contribution < -0.4 is 10.9 Å². The van der Waals surface area contributed by atoms with Gasteiger partial charge in [0, 0.05) is 19.1 Å². The summed E-state index contributed by atoms with van der Waals surface area (Å²) in [4.78, 5) is 24.3. The maximum atomic E-state index is 12.4. The Morgan fingerprint density at radius 1 is 1.45 bits per heavy atom. The first-order valence-corrected chi connectivity index (χ1v) is 7.02. The van der Waals surface area contributed by atoms with Crippen molar-refractivity contribution in [2.24, 2.45) is 0 Å². The minimum atomic E-state index is -0.126. The Morgan fingerprint density at radius 3 is 3.00 bits per heavy atom. The summed E-state index contributed by atoms with van der Waals surface area (Å²) in [6.45, 7) is 5.29. The number of hydrogen-bond donors (Lipinski definition) is 1. The summed E-state index contributed by atoms with van der Waals surface area (Å²) in [6.07, 6.45) is 3.63. The molecule has 0 saturated carbocycles. The monoisotopic (exact) mass is 274 g/mol. The van der Waals surface area contributed by atoms with Crippen molar-refractivity contribution in [2.45, 2.75) is 39.3 Å². The molecule has 106 valence electrons. The molecule has 1 N–H and O–H groups in total. The van der Waals surface area contributed by atoms with Crippen molar-refractivity contribution in [2.75, 3.05) is 6.54 Å². The number of aromatic nitrogens is 3. The fourth-order valence-electron chi connectivity index (χ4n) is 2.70. The lowest BCUT2D eigenvalue weighted by molar-refractivity contribution is 0.0919. The number of fused-ring (bicyclic) bond motifs is 3. The van der Waals surface area contributed by atoms with E-state index in [0.717, 1.165) is 18.4 Å². The summed E-state index contributed by atoms with van der Waals surface area (Å²) >= 11 is 0. The topological polar surface area (TPSA) is 68.9 Å². The summed E-state index contributed by atoms with van der Waals surface area (Å²) in [5.41, 5.74) is 1.18. The van der Waals surface area contributed by atoms with Gasteiger partial charge in [-0.15, -0.1) is 0 Å². The maximum Gasteiger partial charge on any atom is 0.276 e. The molecule has 0 spiro atoms. The number of amides is 1. The van der Waals surface area contributed by atoms with Gasteiger partial charge in [0.05, 0.1) is 17.1 Å². The van der Waals surface area contributed by atoms with Crippen LogP contribution in [0.4, 0.5) is 0 Å². The molecular formula is C14H18N4O2. The van der Waals surface area contributed by atoms with Gasteiger partial charge < -0.3 is 9.88 Å². The van der Waals surface area contributed by atoms with Gasteiger partial charge in [0.1, 0.15) is 5.69 Å². The van der Waals surface area contributed by atoms with Crippen molar-refractivity contribution in [3.63, 3.8) is 0 Å². The fourth-order valence-corrected chi connectivity index (χ4v) is 2.70. The van der Waals surface area contributed by atoms with Crippen molar-refractivity contribution < 1.29 is 4.79 Å². The van der Waals surface area contributed by atoms with E-state index in [1.165, 1.54) is 4.68 Å². The van der Waals surface area contributed by atoms with Gasteiger partial charge in [-0.05, 0) is 19.4 Å². The summed E-state index contributed by atoms with van der Waals surface area (Å²) in [5.74, 6) is -0.126. The molecule has 20 heavy (non-hydrogen) atoms. The fraction of sp³-hybridized carbons (Fsp3) is 0.500. The van der Waals surface area contributed by atoms with Crippen molar-refractivity contribution in [1.82, 2.24) is 19.7 Å². The third-order valence-electron chi connectivity index (χ3n) is 3.82. The van der Waals surface area contributed by atoms with Gasteiger partial charge in [-0.2, -0.15) is 5.10 Å². The lowest BCUT2D eigenvalue weighted by Gasteiger charge is -2.23. The van der Waals surface area contributed by atoms with Crippen LogP contribution in [-0.4, -0.2) is 26.8 Å². The summed E-state index contributed by atoms with van der Waals surface area (Å²) in [5, 5.41) is 7.64. The summed E-state index contributed by atoms with van der Waals surface area (Å²) < 4.78 is 3.40. The quantitative estimate of drug-likeness (QED) is 0.917. The first kappa shape index (κ1) is 12.9. The van der Waals surface area contributed by atoms with E-state index in [0.29, 0.717) is 24.2 Å². The highest BCUT2D eigenvalue weighted by molar-refractivity contribution is 5.99. The molecule has 0 aliphatic carbocycles. The molecule has 1 amide bonds. The lowest BCUT2D eigenvalue weighted by Crippen LogP contribution is -2.37. The van der Waals surface area contributed by atoms with Crippen LogP contribution in [0.25, 0.3) is 10.9 Å². The van der Waals surface area contributed by atoms with Crippen LogP contribution in [0.15, 0.2) is 17.1 Å². The van der Waals surface area contributed by atoms with E-state index in [1.54, 1.807) is 12.3 Å². The Balaban J connectivity index is 2.20. The molecule has 3 rings (SSSR count). The Kier molecular flexibility index (Phi) is 3.08. The van der Waals surface area contributed by atoms with Crippen molar-refractivity contribution in [1.29, 1.82) is 0 Å². The molecule has 1 aliphatic rings. The largest absolute Gasteiger partial charge is 0.349 e. The maximum absolute atomic E-state index is 12.4. The molecule has 1 atom stereocenters. The molecule has 0 radical (unpaired) electrons. The lowest BCUT2D eigenvalue weighted by atomic mass is 10.2. The van der Waals surface area contributed by atoms with Gasteiger partial charge in [-0.25, -0.2) is 4.68 Å². The Hall–Kier alpha value is -2.11. The van der Waals surface area contributed by atoms with E-state index in [2.05, 4.69) is 17.3 Å². The molecule has 1 unspecified atom stereocenters. The van der Waals surface area contributed by atoms with Crippen LogP contribution >= 0.6 is 0 Å². The molecule has 0 aromatic carbocycles. The summed E-state index contributed by atoms with van der Waals surface area (Å²) in [7, 11) is 0. The number of nitrogens with zero attached hydrogens (tertiary/aromatic N) is 3. The molecule has 2 aromatic rings. The zero-order valence-corrected chi connectivity index (χ0v) is 11.7. The van der Waals surface area contributed by atoms with Crippen LogP contribution in [0, 0.1) is 0 Å². The Bertz CT molecular complexity index is 729. The minimum Gasteiger partial charge on any atom is -0.349 e. The highest BCUT2D eigenvalue weighted by atomic mass is 16.2. The van der Waals surface area contributed by atoms with Crippen molar-refractivity contribution in [3.8, 4) is 0 Å². The second-order valence-electron chi connectivity index (χ2n) is 5.28. The molecular weight excluding hydrogens is 256 g/mol. The van der Waals surface area contributed by atoms with Gasteiger partial charge in [0.25, 0.3) is 11.5 Å². The molecule has 0 fully saturated rings. The van der Waals surface area contributed by atoms with Gasteiger partial charge in [-0.3, -0.25) is 9.59 Å². The van der Waals surface area contributed by atoms with Crippen LogP contribution in [-0.2, 0) is 6.54 Å². The molecule has 3 heterocycles. The SMILES string of the molecule is CCCCn1ncc2c(cc3n2C(C)CNC3=O)c1=O. The molecule has 6 heteroatoms. The van der Waals surface area contributed by atoms with Crippen molar-refractivity contribution in [3.05, 3.63) is 28.3 Å². The second kappa shape index (κ2) is 4.77. The standard InChI is InChI=1S/C14H18N4O2/c1-3-4-5-17-14(20)10-6-11-13(19)15-7-9(2)18(11)12(10)8-16-17/h6,8-9H,3-5,7H2,1-2H3,(H,15,19). The van der Waals surface area contributed by atoms with E-state index in [9.17, 15) is 9.59 Å². The first-order chi connectivity index (χ1) is 9.63. The van der Waals surface area contributed by atoms with E-state index >= 15 is 0 Å². The Labute approximate surface area is 116 Å². The average molecular weight is 274 g/mol. The highest BCUT2D eigenvalue weighted by Gasteiger charge is 2.25. The third-order valence-corrected chi connectivity index (χ3v) is 3.82. The van der Waals surface area contributed by atoms with Gasteiger partial charge >= 0.3 is 0 Å². The van der Waals surface area contributed by atoms with Gasteiger partial charge in [0.15, 0.2) is 0 Å². The molecule has 0 bridgehead atoms. The normalized spacial score (nSPS) is 18.1. The number of rotatable bonds is 3. The summed E-state index contributed by atoms with van der Waals surface area (Å²) in [6, 6.07) is 1.82. The van der Waals surface area contributed by atoms with E-state index in [1.807, 2.05) is 11.5 Å². The van der Waals surface area contributed by atoms with Gasteiger partial charge in [-0.1, -0.05) is 13.3 Å². The number of unbranched alkanes of at least 4 members (excludes halogenated alkanes) is 1. The van der Waals surface area contributed by atoms with Gasteiger partial charge in [0.2, 0.25) is 0 Å². The third kappa shape index (κ3) is 1.83. The number of hydrogen-bond acceptors (Lipinski definition) is 3. The predicted molar refractivity (Wildman–Crippen MR) is 75.9 cm³/mol. The molecule has 1 aliphatic heterocycles. The van der Waals surface area contributed by atoms with Crippen LogP contribution in [0.1, 0.15) is 43.2 Å². The average Bonchev–Trinajstić information content (AvgIpc) is 2.84. The van der Waals surface area contributed by atoms with Crippen LogP contribution in [0.2, 0.25) is 0 Å². The van der Waals surface area contributed by atoms with Crippen LogP contribution in [0.3, 0.4) is 0 Å². The number of carbonyl (C=O) groups is 1. The minimum absolute atomic E-state index is 0.113. The van der Waals surface area contributed by atoms with E-state index in [4.69, 9.17) is 0 Å². The zero-order chi connectivity index (χ0) is 14.3. The van der Waals surface area contributed by atoms with Crippen LogP contribution in [0.5, 0.6) is 0 Å². The first-order valence-electron chi connectivity index (χ1n) is 7.02. The van der Waals surface area contributed by atoms with E-state index in [-0.39, 0.29) is 17.5 Å². The predicted octanol–water partition coefficient (Wildman–Crippen LogP) is 1.30. The van der Waals surface area contributed by atoms with E-state index < -0.39 is 0 Å². The molecule has 6 nitrogen and oxygen atoms in total. The van der Waals surface area contributed by atoms with Crippen molar-refractivity contribution >= 4 is 16.8 Å². The smallest absolute Gasteiger partial charge is 0.276 e. The number of aryl methyl sites for hydroxylation is 1. The Morgan fingerprint density at radius 2 is 2.25 bits per heavy atom.